The summed E-state index contributed by atoms with van der Waals surface area (Å²) >= 11 is 0. The molecule has 0 aromatic heterocycles. The molecule has 0 saturated heterocycles. The van der Waals surface area contributed by atoms with Gasteiger partial charge < -0.3 is 9.53 Å². The largest absolute Gasteiger partial charge is 0.459 e. The van der Waals surface area contributed by atoms with Crippen LogP contribution in [0.15, 0.2) is 0 Å². The third kappa shape index (κ3) is 3.71. The fourth-order valence-electron chi connectivity index (χ4n) is 0.504. The molecule has 0 saturated carbocycles. The normalized spacial score (nSPS) is 12.8. The summed E-state index contributed by atoms with van der Waals surface area (Å²) in [6.07, 6.45) is 0.272. The highest BCUT2D eigenvalue weighted by atomic mass is 16.6. The minimum atomic E-state index is -1.30. The Bertz CT molecular complexity index is 221. The van der Waals surface area contributed by atoms with Crippen LogP contribution >= 0.6 is 0 Å². The van der Waals surface area contributed by atoms with Gasteiger partial charge in [-0.25, -0.2) is 0 Å². The van der Waals surface area contributed by atoms with Gasteiger partial charge in [0.15, 0.2) is 5.92 Å². The van der Waals surface area contributed by atoms with Gasteiger partial charge in [-0.2, -0.15) is 5.26 Å². The molecule has 0 amide bonds. The van der Waals surface area contributed by atoms with Gasteiger partial charge in [-0.3, -0.25) is 4.79 Å². The Labute approximate surface area is 71.1 Å². The lowest BCUT2D eigenvalue weighted by atomic mass is 10.1. The van der Waals surface area contributed by atoms with Crippen LogP contribution in [0.4, 0.5) is 0 Å². The lowest BCUT2D eigenvalue weighted by molar-refractivity contribution is -0.158. The Morgan fingerprint density at radius 2 is 2.08 bits per heavy atom. The van der Waals surface area contributed by atoms with E-state index < -0.39 is 17.5 Å². The lowest BCUT2D eigenvalue weighted by Gasteiger charge is -2.19. The molecule has 0 rings (SSSR count). The molecule has 0 heterocycles. The van der Waals surface area contributed by atoms with Crippen LogP contribution in [-0.2, 0) is 14.3 Å². The van der Waals surface area contributed by atoms with Crippen molar-refractivity contribution in [3.63, 3.8) is 0 Å². The van der Waals surface area contributed by atoms with Gasteiger partial charge >= 0.3 is 5.97 Å². The first kappa shape index (κ1) is 10.6. The topological polar surface area (TPSA) is 67.2 Å². The van der Waals surface area contributed by atoms with E-state index in [4.69, 9.17) is 10.00 Å². The van der Waals surface area contributed by atoms with E-state index in [-0.39, 0.29) is 6.29 Å². The van der Waals surface area contributed by atoms with Crippen molar-refractivity contribution in [3.05, 3.63) is 0 Å². The van der Waals surface area contributed by atoms with Crippen molar-refractivity contribution < 1.29 is 14.3 Å². The second kappa shape index (κ2) is 3.86. The molecular weight excluding hydrogens is 158 g/mol. The molecule has 0 fully saturated rings. The molecule has 4 heteroatoms. The van der Waals surface area contributed by atoms with Gasteiger partial charge in [-0.1, -0.05) is 0 Å². The fourth-order valence-corrected chi connectivity index (χ4v) is 0.504. The molecule has 0 aliphatic carbocycles. The number of carbonyl (C=O) groups is 2. The predicted octanol–water partition coefficient (Wildman–Crippen LogP) is 0.667. The highest BCUT2D eigenvalue weighted by Gasteiger charge is 2.24. The molecule has 0 aliphatic rings. The monoisotopic (exact) mass is 169 g/mol. The van der Waals surface area contributed by atoms with Gasteiger partial charge in [0.2, 0.25) is 0 Å². The zero-order valence-corrected chi connectivity index (χ0v) is 7.33. The maximum absolute atomic E-state index is 10.9. The third-order valence-corrected chi connectivity index (χ3v) is 0.936. The van der Waals surface area contributed by atoms with Gasteiger partial charge in [0, 0.05) is 0 Å². The summed E-state index contributed by atoms with van der Waals surface area (Å²) in [7, 11) is 0. The van der Waals surface area contributed by atoms with Gasteiger partial charge in [-0.05, 0) is 20.8 Å². The smallest absolute Gasteiger partial charge is 0.331 e. The second-order valence-corrected chi connectivity index (χ2v) is 3.28. The summed E-state index contributed by atoms with van der Waals surface area (Å²) in [5.41, 5.74) is -0.658. The first-order valence-electron chi connectivity index (χ1n) is 3.48. The maximum atomic E-state index is 10.9. The number of rotatable bonds is 2. The minimum absolute atomic E-state index is 0.272. The van der Waals surface area contributed by atoms with E-state index in [9.17, 15) is 9.59 Å². The van der Waals surface area contributed by atoms with Gasteiger partial charge in [0.05, 0.1) is 6.07 Å². The van der Waals surface area contributed by atoms with Crippen molar-refractivity contribution in [2.24, 2.45) is 5.92 Å². The van der Waals surface area contributed by atoms with E-state index in [1.807, 2.05) is 0 Å². The second-order valence-electron chi connectivity index (χ2n) is 3.28. The van der Waals surface area contributed by atoms with E-state index in [1.54, 1.807) is 20.8 Å². The molecule has 66 valence electrons. The summed E-state index contributed by atoms with van der Waals surface area (Å²) in [4.78, 5) is 21.1. The lowest BCUT2D eigenvalue weighted by Crippen LogP contribution is -2.28. The van der Waals surface area contributed by atoms with Gasteiger partial charge in [0.25, 0.3) is 0 Å². The minimum Gasteiger partial charge on any atom is -0.459 e. The van der Waals surface area contributed by atoms with Crippen LogP contribution < -0.4 is 0 Å². The molecule has 12 heavy (non-hydrogen) atoms. The Hall–Kier alpha value is -1.37. The van der Waals surface area contributed by atoms with Crippen LogP contribution in [0.3, 0.4) is 0 Å². The number of nitrogens with zero attached hydrogens (tertiary/aromatic N) is 1. The number of nitriles is 1. The van der Waals surface area contributed by atoms with Crippen molar-refractivity contribution >= 4 is 12.3 Å². The first-order chi connectivity index (χ1) is 5.40. The number of esters is 1. The number of hydrogen-bond acceptors (Lipinski definition) is 4. The van der Waals surface area contributed by atoms with Crippen LogP contribution in [0.5, 0.6) is 0 Å². The average molecular weight is 169 g/mol. The average Bonchev–Trinajstić information content (AvgIpc) is 1.85. The fraction of sp³-hybridized carbons (Fsp3) is 0.625. The molecule has 1 atom stereocenters. The Morgan fingerprint density at radius 1 is 1.58 bits per heavy atom. The Kier molecular flexibility index (Phi) is 3.42. The summed E-state index contributed by atoms with van der Waals surface area (Å²) in [6, 6.07) is 1.53. The summed E-state index contributed by atoms with van der Waals surface area (Å²) in [5, 5.41) is 8.31. The number of ether oxygens (including phenoxy) is 1. The Balaban J connectivity index is 4.23. The molecule has 0 radical (unpaired) electrons. The van der Waals surface area contributed by atoms with Crippen molar-refractivity contribution in [1.82, 2.24) is 0 Å². The van der Waals surface area contributed by atoms with Crippen molar-refractivity contribution in [2.45, 2.75) is 26.4 Å². The van der Waals surface area contributed by atoms with Crippen LogP contribution in [0.2, 0.25) is 0 Å². The summed E-state index contributed by atoms with van der Waals surface area (Å²) in [5.74, 6) is -2.09. The van der Waals surface area contributed by atoms with Crippen LogP contribution in [0, 0.1) is 17.2 Å². The molecule has 0 bridgehead atoms. The highest BCUT2D eigenvalue weighted by Crippen LogP contribution is 2.09. The van der Waals surface area contributed by atoms with Crippen LogP contribution in [-0.4, -0.2) is 17.9 Å². The van der Waals surface area contributed by atoms with E-state index >= 15 is 0 Å². The number of hydrogen-bond donors (Lipinski definition) is 0. The number of aldehydes is 1. The molecule has 0 aromatic carbocycles. The highest BCUT2D eigenvalue weighted by molar-refractivity contribution is 5.90. The third-order valence-electron chi connectivity index (χ3n) is 0.936. The van der Waals surface area contributed by atoms with Crippen LogP contribution in [0.1, 0.15) is 20.8 Å². The first-order valence-corrected chi connectivity index (χ1v) is 3.48. The van der Waals surface area contributed by atoms with E-state index in [1.165, 1.54) is 6.07 Å². The molecule has 1 unspecified atom stereocenters. The summed E-state index contributed by atoms with van der Waals surface area (Å²) < 4.78 is 4.79. The Morgan fingerprint density at radius 3 is 2.33 bits per heavy atom. The van der Waals surface area contributed by atoms with E-state index in [0.29, 0.717) is 0 Å². The SMILES string of the molecule is CC(C)(C)OC(=O)C(C#N)C=O. The molecule has 4 nitrogen and oxygen atoms in total. The maximum Gasteiger partial charge on any atom is 0.331 e. The van der Waals surface area contributed by atoms with Gasteiger partial charge in [0.1, 0.15) is 11.9 Å². The zero-order valence-electron chi connectivity index (χ0n) is 7.33. The molecule has 0 spiro atoms. The van der Waals surface area contributed by atoms with Crippen molar-refractivity contribution in [1.29, 1.82) is 5.26 Å². The zero-order chi connectivity index (χ0) is 9.78. The standard InChI is InChI=1S/C8H11NO3/c1-8(2,3)12-7(11)6(4-9)5-10/h5-6H,1-3H3. The van der Waals surface area contributed by atoms with E-state index in [2.05, 4.69) is 0 Å². The van der Waals surface area contributed by atoms with Crippen molar-refractivity contribution in [2.75, 3.05) is 0 Å². The summed E-state index contributed by atoms with van der Waals surface area (Å²) in [6.45, 7) is 5.01. The van der Waals surface area contributed by atoms with Crippen molar-refractivity contribution in [3.8, 4) is 6.07 Å². The molecule has 0 aliphatic heterocycles. The van der Waals surface area contributed by atoms with Gasteiger partial charge in [-0.15, -0.1) is 0 Å². The quantitative estimate of drug-likeness (QED) is 0.346. The number of carbonyl (C=O) groups excluding carboxylic acids is 2. The molecule has 0 aromatic rings. The van der Waals surface area contributed by atoms with E-state index in [0.717, 1.165) is 0 Å². The predicted molar refractivity (Wildman–Crippen MR) is 41.0 cm³/mol. The molecular formula is C8H11NO3. The van der Waals surface area contributed by atoms with Crippen LogP contribution in [0.25, 0.3) is 0 Å². The molecule has 0 N–H and O–H groups in total.